The molecule has 1 saturated heterocycles. The van der Waals surface area contributed by atoms with Gasteiger partial charge in [0.2, 0.25) is 11.1 Å². The van der Waals surface area contributed by atoms with Gasteiger partial charge in [-0.1, -0.05) is 30.0 Å². The predicted molar refractivity (Wildman–Crippen MR) is 124 cm³/mol. The lowest BCUT2D eigenvalue weighted by Gasteiger charge is -2.36. The Morgan fingerprint density at radius 3 is 2.56 bits per heavy atom. The second-order valence-corrected chi connectivity index (χ2v) is 8.30. The summed E-state index contributed by atoms with van der Waals surface area (Å²) in [5.74, 6) is 1.53. The van der Waals surface area contributed by atoms with Crippen LogP contribution in [0.2, 0.25) is 0 Å². The van der Waals surface area contributed by atoms with Gasteiger partial charge in [-0.3, -0.25) is 0 Å². The fourth-order valence-electron chi connectivity index (χ4n) is 3.79. The highest BCUT2D eigenvalue weighted by molar-refractivity contribution is 7.99. The minimum absolute atomic E-state index is 0.301. The summed E-state index contributed by atoms with van der Waals surface area (Å²) in [6, 6.07) is 14.5. The molecular weight excluding hydrogens is 422 g/mol. The second-order valence-electron chi connectivity index (χ2n) is 7.36. The van der Waals surface area contributed by atoms with E-state index in [0.717, 1.165) is 49.1 Å². The van der Waals surface area contributed by atoms with E-state index in [0.29, 0.717) is 16.7 Å². The van der Waals surface area contributed by atoms with E-state index in [-0.39, 0.29) is 0 Å². The molecule has 0 radical (unpaired) electrons. The lowest BCUT2D eigenvalue weighted by molar-refractivity contribution is 0.640. The van der Waals surface area contributed by atoms with Gasteiger partial charge in [0.25, 0.3) is 5.78 Å². The van der Waals surface area contributed by atoms with Crippen molar-refractivity contribution >= 4 is 29.2 Å². The van der Waals surface area contributed by atoms with Crippen molar-refractivity contribution in [1.82, 2.24) is 29.5 Å². The number of nitrogens with zero attached hydrogens (tertiary/aromatic N) is 9. The lowest BCUT2D eigenvalue weighted by atomic mass is 10.2. The van der Waals surface area contributed by atoms with Gasteiger partial charge in [0, 0.05) is 49.8 Å². The third-order valence-electron chi connectivity index (χ3n) is 5.46. The van der Waals surface area contributed by atoms with Crippen LogP contribution in [0.25, 0.3) is 17.0 Å². The number of aromatic nitrogens is 6. The van der Waals surface area contributed by atoms with E-state index < -0.39 is 0 Å². The lowest BCUT2D eigenvalue weighted by Crippen LogP contribution is -2.47. The summed E-state index contributed by atoms with van der Waals surface area (Å²) < 4.78 is 1.70. The molecule has 1 aliphatic rings. The van der Waals surface area contributed by atoms with Crippen molar-refractivity contribution in [2.45, 2.75) is 12.1 Å². The quantitative estimate of drug-likeness (QED) is 0.431. The molecule has 5 rings (SSSR count). The maximum absolute atomic E-state index is 8.79. The Morgan fingerprint density at radius 1 is 1.00 bits per heavy atom. The highest BCUT2D eigenvalue weighted by Crippen LogP contribution is 2.24. The van der Waals surface area contributed by atoms with Gasteiger partial charge in [0.1, 0.15) is 0 Å². The van der Waals surface area contributed by atoms with E-state index in [1.165, 1.54) is 17.4 Å². The number of thioether (sulfide) groups is 1. The average Bonchev–Trinajstić information content (AvgIpc) is 3.28. The van der Waals surface area contributed by atoms with E-state index in [9.17, 15) is 0 Å². The fourth-order valence-corrected chi connectivity index (χ4v) is 4.27. The van der Waals surface area contributed by atoms with E-state index in [1.807, 2.05) is 19.1 Å². The molecule has 0 bridgehead atoms. The van der Waals surface area contributed by atoms with Crippen LogP contribution in [-0.2, 0) is 0 Å². The molecule has 0 amide bonds. The average molecular weight is 444 g/mol. The van der Waals surface area contributed by atoms with Crippen LogP contribution in [0.3, 0.4) is 0 Å². The molecule has 4 heterocycles. The molecule has 10 heteroatoms. The van der Waals surface area contributed by atoms with Crippen molar-refractivity contribution in [3.8, 4) is 17.3 Å². The van der Waals surface area contributed by atoms with Crippen LogP contribution in [-0.4, -0.2) is 61.5 Å². The third-order valence-corrected chi connectivity index (χ3v) is 6.16. The Labute approximate surface area is 189 Å². The van der Waals surface area contributed by atoms with Crippen molar-refractivity contribution in [3.63, 3.8) is 0 Å². The first-order chi connectivity index (χ1) is 15.7. The van der Waals surface area contributed by atoms with Crippen LogP contribution in [0.15, 0.2) is 53.9 Å². The first-order valence-electron chi connectivity index (χ1n) is 10.3. The summed E-state index contributed by atoms with van der Waals surface area (Å²) in [4.78, 5) is 22.8. The number of rotatable bonds is 5. The summed E-state index contributed by atoms with van der Waals surface area (Å²) in [5, 5.41) is 13.8. The van der Waals surface area contributed by atoms with Crippen LogP contribution in [0, 0.1) is 18.3 Å². The normalized spacial score (nSPS) is 14.0. The molecule has 0 unspecified atom stereocenters. The van der Waals surface area contributed by atoms with Gasteiger partial charge in [-0.2, -0.15) is 14.8 Å². The van der Waals surface area contributed by atoms with Gasteiger partial charge in [-0.15, -0.1) is 5.10 Å². The Kier molecular flexibility index (Phi) is 5.56. The van der Waals surface area contributed by atoms with E-state index >= 15 is 0 Å². The molecule has 160 valence electrons. The molecule has 9 nitrogen and oxygen atoms in total. The summed E-state index contributed by atoms with van der Waals surface area (Å²) >= 11 is 1.30. The standard InChI is InChI=1S/C22H21N9S/c1-16-18(15-25-21-27-22(28-31(16)21)32-14-8-23)19-7-9-24-20(26-19)30-12-10-29(11-13-30)17-5-3-2-4-6-17/h2-7,9,15H,10-14H2,1H3. The summed E-state index contributed by atoms with van der Waals surface area (Å²) in [6.07, 6.45) is 3.57. The molecule has 0 aliphatic carbocycles. The molecule has 1 aromatic carbocycles. The highest BCUT2D eigenvalue weighted by Gasteiger charge is 2.20. The predicted octanol–water partition coefficient (Wildman–Crippen LogP) is 2.83. The number of fused-ring (bicyclic) bond motifs is 1. The molecule has 1 aliphatic heterocycles. The molecule has 0 atom stereocenters. The van der Waals surface area contributed by atoms with Crippen LogP contribution in [0.4, 0.5) is 11.6 Å². The number of hydrogen-bond donors (Lipinski definition) is 0. The van der Waals surface area contributed by atoms with Crippen LogP contribution in [0.1, 0.15) is 5.69 Å². The number of para-hydroxylation sites is 1. The fraction of sp³-hybridized carbons (Fsp3) is 0.273. The minimum atomic E-state index is 0.301. The summed E-state index contributed by atoms with van der Waals surface area (Å²) in [5.41, 5.74) is 3.82. The number of hydrogen-bond acceptors (Lipinski definition) is 9. The zero-order valence-corrected chi connectivity index (χ0v) is 18.4. The van der Waals surface area contributed by atoms with Crippen molar-refractivity contribution in [2.75, 3.05) is 41.7 Å². The monoisotopic (exact) mass is 443 g/mol. The number of aryl methyl sites for hydroxylation is 1. The number of piperazine rings is 1. The SMILES string of the molecule is Cc1c(-c2ccnc(N3CCN(c4ccccc4)CC3)n2)cnc2nc(SCC#N)nn12. The van der Waals surface area contributed by atoms with Gasteiger partial charge >= 0.3 is 0 Å². The van der Waals surface area contributed by atoms with Crippen molar-refractivity contribution < 1.29 is 0 Å². The van der Waals surface area contributed by atoms with Gasteiger partial charge < -0.3 is 9.80 Å². The van der Waals surface area contributed by atoms with Crippen LogP contribution >= 0.6 is 11.8 Å². The molecule has 1 fully saturated rings. The Morgan fingerprint density at radius 2 is 1.78 bits per heavy atom. The van der Waals surface area contributed by atoms with Crippen LogP contribution < -0.4 is 9.80 Å². The first-order valence-corrected chi connectivity index (χ1v) is 11.3. The number of anilines is 2. The van der Waals surface area contributed by atoms with E-state index in [1.54, 1.807) is 16.9 Å². The van der Waals surface area contributed by atoms with E-state index in [4.69, 9.17) is 10.2 Å². The minimum Gasteiger partial charge on any atom is -0.368 e. The topological polar surface area (TPSA) is 99.1 Å². The third kappa shape index (κ3) is 3.94. The second kappa shape index (κ2) is 8.80. The van der Waals surface area contributed by atoms with Gasteiger partial charge in [0.15, 0.2) is 0 Å². The van der Waals surface area contributed by atoms with E-state index in [2.05, 4.69) is 60.2 Å². The van der Waals surface area contributed by atoms with Gasteiger partial charge in [-0.05, 0) is 25.1 Å². The largest absolute Gasteiger partial charge is 0.368 e. The maximum atomic E-state index is 8.79. The molecule has 0 spiro atoms. The molecule has 3 aromatic heterocycles. The zero-order valence-electron chi connectivity index (χ0n) is 17.6. The summed E-state index contributed by atoms with van der Waals surface area (Å²) in [7, 11) is 0. The molecule has 4 aromatic rings. The Bertz CT molecular complexity index is 1270. The van der Waals surface area contributed by atoms with Crippen molar-refractivity contribution in [1.29, 1.82) is 5.26 Å². The molecule has 0 N–H and O–H groups in total. The molecular formula is C22H21N9S. The van der Waals surface area contributed by atoms with Crippen LogP contribution in [0.5, 0.6) is 0 Å². The van der Waals surface area contributed by atoms with Gasteiger partial charge in [0.05, 0.1) is 23.2 Å². The maximum Gasteiger partial charge on any atom is 0.253 e. The Hall–Kier alpha value is -3.71. The smallest absolute Gasteiger partial charge is 0.253 e. The van der Waals surface area contributed by atoms with Crippen molar-refractivity contribution in [2.24, 2.45) is 0 Å². The number of benzene rings is 1. The zero-order chi connectivity index (χ0) is 21.9. The highest BCUT2D eigenvalue weighted by atomic mass is 32.2. The molecule has 32 heavy (non-hydrogen) atoms. The first kappa shape index (κ1) is 20.2. The number of nitriles is 1. The summed E-state index contributed by atoms with van der Waals surface area (Å²) in [6.45, 7) is 5.53. The van der Waals surface area contributed by atoms with Gasteiger partial charge in [-0.25, -0.2) is 15.0 Å². The molecule has 0 saturated carbocycles. The Balaban J connectivity index is 1.37. The van der Waals surface area contributed by atoms with Crippen molar-refractivity contribution in [3.05, 3.63) is 54.5 Å².